The fourth-order valence-electron chi connectivity index (χ4n) is 5.43. The molecule has 3 aromatic heterocycles. The van der Waals surface area contributed by atoms with E-state index in [1.165, 1.54) is 24.9 Å². The van der Waals surface area contributed by atoms with Crippen molar-refractivity contribution in [3.8, 4) is 18.1 Å². The smallest absolute Gasteiger partial charge is 0.461 e. The Morgan fingerprint density at radius 2 is 1.91 bits per heavy atom. The summed E-state index contributed by atoms with van der Waals surface area (Å²) in [5.74, 6) is 1.68. The molecule has 0 fully saturated rings. The van der Waals surface area contributed by atoms with E-state index < -0.39 is 28.8 Å². The molecule has 14 heteroatoms. The molecule has 46 heavy (non-hydrogen) atoms. The number of carbonyl (C=O) groups is 2. The summed E-state index contributed by atoms with van der Waals surface area (Å²) in [7, 11) is 1.43. The molecular weight excluding hydrogens is 618 g/mol. The van der Waals surface area contributed by atoms with Gasteiger partial charge >= 0.3 is 17.8 Å². The molecule has 13 nitrogen and oxygen atoms in total. The van der Waals surface area contributed by atoms with Crippen LogP contribution < -0.4 is 16.0 Å². The van der Waals surface area contributed by atoms with Crippen LogP contribution in [-0.4, -0.2) is 50.4 Å². The average Bonchev–Trinajstić information content (AvgIpc) is 3.51. The third-order valence-electron chi connectivity index (χ3n) is 7.70. The van der Waals surface area contributed by atoms with Gasteiger partial charge in [0.15, 0.2) is 22.5 Å². The monoisotopic (exact) mass is 653 g/mol. The Morgan fingerprint density at radius 3 is 2.52 bits per heavy atom. The molecule has 4 rings (SSSR count). The number of esters is 2. The van der Waals surface area contributed by atoms with Crippen molar-refractivity contribution >= 4 is 34.7 Å². The van der Waals surface area contributed by atoms with Crippen molar-refractivity contribution in [2.75, 3.05) is 13.7 Å². The average molecular weight is 654 g/mol. The number of terminal acetylenes is 1. The SMILES string of the molecule is C#CC(CCn1cnc2c(=N)n(Cc3oc(=O)oc3C)c(Cl)nc21)(COC(=O)CC(C)(C)c1c(C)cc(C)cc1OC(C)=O)OC. The van der Waals surface area contributed by atoms with Crippen LogP contribution in [0.5, 0.6) is 5.75 Å². The first-order valence-electron chi connectivity index (χ1n) is 14.3. The third-order valence-corrected chi connectivity index (χ3v) is 7.99. The topological polar surface area (TPSA) is 165 Å². The number of benzene rings is 1. The molecule has 1 N–H and O–H groups in total. The Kier molecular flexibility index (Phi) is 9.94. The van der Waals surface area contributed by atoms with Crippen LogP contribution in [0.25, 0.3) is 11.2 Å². The molecule has 244 valence electrons. The van der Waals surface area contributed by atoms with Gasteiger partial charge in [-0.2, -0.15) is 4.98 Å². The van der Waals surface area contributed by atoms with Crippen molar-refractivity contribution in [2.24, 2.45) is 0 Å². The first-order valence-corrected chi connectivity index (χ1v) is 14.7. The van der Waals surface area contributed by atoms with E-state index in [0.29, 0.717) is 11.4 Å². The molecule has 3 heterocycles. The van der Waals surface area contributed by atoms with Crippen molar-refractivity contribution in [3.63, 3.8) is 0 Å². The Morgan fingerprint density at radius 1 is 1.20 bits per heavy atom. The van der Waals surface area contributed by atoms with Crippen LogP contribution in [0, 0.1) is 38.5 Å². The lowest BCUT2D eigenvalue weighted by atomic mass is 9.78. The second-order valence-corrected chi connectivity index (χ2v) is 12.1. The highest BCUT2D eigenvalue weighted by Gasteiger charge is 2.34. The summed E-state index contributed by atoms with van der Waals surface area (Å²) in [5.41, 5.74) is 1.06. The van der Waals surface area contributed by atoms with Gasteiger partial charge in [-0.15, -0.1) is 6.42 Å². The quantitative estimate of drug-likeness (QED) is 0.102. The molecule has 1 atom stereocenters. The fraction of sp³-hybridized carbons (Fsp3) is 0.438. The maximum absolute atomic E-state index is 13.1. The Bertz CT molecular complexity index is 1960. The highest BCUT2D eigenvalue weighted by molar-refractivity contribution is 6.28. The van der Waals surface area contributed by atoms with Gasteiger partial charge in [0.25, 0.3) is 0 Å². The number of aromatic nitrogens is 4. The van der Waals surface area contributed by atoms with Crippen molar-refractivity contribution < 1.29 is 32.6 Å². The Labute approximate surface area is 269 Å². The molecular formula is C32H36ClN5O8. The predicted molar refractivity (Wildman–Crippen MR) is 166 cm³/mol. The summed E-state index contributed by atoms with van der Waals surface area (Å²) in [5, 5.41) is 8.61. The molecule has 0 radical (unpaired) electrons. The van der Waals surface area contributed by atoms with Gasteiger partial charge in [0, 0.05) is 38.0 Å². The van der Waals surface area contributed by atoms with E-state index in [1.54, 1.807) is 17.6 Å². The lowest BCUT2D eigenvalue weighted by Gasteiger charge is -2.30. The molecule has 1 unspecified atom stereocenters. The molecule has 0 amide bonds. The van der Waals surface area contributed by atoms with Gasteiger partial charge in [0.1, 0.15) is 23.6 Å². The molecule has 0 saturated carbocycles. The van der Waals surface area contributed by atoms with Crippen LogP contribution in [0.2, 0.25) is 5.28 Å². The molecule has 4 aromatic rings. The van der Waals surface area contributed by atoms with Gasteiger partial charge < -0.3 is 27.6 Å². The fourth-order valence-corrected chi connectivity index (χ4v) is 5.66. The van der Waals surface area contributed by atoms with Crippen molar-refractivity contribution in [1.29, 1.82) is 5.41 Å². The second-order valence-electron chi connectivity index (χ2n) is 11.7. The molecule has 0 aliphatic heterocycles. The van der Waals surface area contributed by atoms with Crippen LogP contribution in [0.15, 0.2) is 32.1 Å². The number of fused-ring (bicyclic) bond motifs is 1. The highest BCUT2D eigenvalue weighted by atomic mass is 35.5. The summed E-state index contributed by atoms with van der Waals surface area (Å²) < 4.78 is 29.7. The van der Waals surface area contributed by atoms with E-state index in [9.17, 15) is 14.4 Å². The van der Waals surface area contributed by atoms with Gasteiger partial charge in [-0.3, -0.25) is 19.6 Å². The van der Waals surface area contributed by atoms with E-state index in [-0.39, 0.29) is 60.3 Å². The predicted octanol–water partition coefficient (Wildman–Crippen LogP) is 4.13. The summed E-state index contributed by atoms with van der Waals surface area (Å²) in [6.07, 6.45) is 7.57. The number of rotatable bonds is 12. The van der Waals surface area contributed by atoms with Crippen molar-refractivity contribution in [1.82, 2.24) is 19.1 Å². The minimum Gasteiger partial charge on any atom is -0.461 e. The second kappa shape index (κ2) is 13.4. The van der Waals surface area contributed by atoms with Gasteiger partial charge in [0.05, 0.1) is 19.3 Å². The number of nitrogens with one attached hydrogen (secondary N) is 1. The maximum Gasteiger partial charge on any atom is 0.519 e. The van der Waals surface area contributed by atoms with Crippen LogP contribution in [-0.2, 0) is 37.6 Å². The molecule has 1 aromatic carbocycles. The largest absolute Gasteiger partial charge is 0.519 e. The minimum atomic E-state index is -1.28. The standard InChI is InChI=1S/C32H36ClN5O8/c1-9-32(42-8,16-43-24(40)14-31(6,7)25-19(3)12-18(2)13-22(25)45-21(5)39)10-11-37-17-35-26-27(34)38(29(33)36-28(26)37)15-23-20(4)44-30(41)46-23/h1,12-13,17,34H,10-11,14-16H2,2-8H3. The summed E-state index contributed by atoms with van der Waals surface area (Å²) in [6.45, 7) is 10.4. The number of aryl methyl sites for hydroxylation is 4. The third kappa shape index (κ3) is 7.24. The first-order chi connectivity index (χ1) is 21.6. The number of methoxy groups -OCH3 is 1. The number of carbonyl (C=O) groups excluding carboxylic acids is 2. The normalized spacial score (nSPS) is 12.9. The highest BCUT2D eigenvalue weighted by Crippen LogP contribution is 2.38. The van der Waals surface area contributed by atoms with Crippen LogP contribution in [0.1, 0.15) is 61.8 Å². The maximum atomic E-state index is 13.1. The summed E-state index contributed by atoms with van der Waals surface area (Å²) in [4.78, 5) is 45.1. The number of halogens is 1. The van der Waals surface area contributed by atoms with Gasteiger partial charge in [-0.05, 0) is 49.6 Å². The molecule has 0 aliphatic rings. The zero-order chi connectivity index (χ0) is 34.0. The number of nitrogens with zero attached hydrogens (tertiary/aromatic N) is 4. The number of hydrogen-bond acceptors (Lipinski definition) is 11. The zero-order valence-electron chi connectivity index (χ0n) is 26.8. The van der Waals surface area contributed by atoms with E-state index in [1.807, 2.05) is 33.8 Å². The molecule has 0 spiro atoms. The summed E-state index contributed by atoms with van der Waals surface area (Å²) in [6, 6.07) is 3.74. The van der Waals surface area contributed by atoms with Crippen LogP contribution in [0.4, 0.5) is 0 Å². The molecule has 0 bridgehead atoms. The summed E-state index contributed by atoms with van der Waals surface area (Å²) >= 11 is 6.43. The van der Waals surface area contributed by atoms with E-state index in [4.69, 9.17) is 46.5 Å². The zero-order valence-corrected chi connectivity index (χ0v) is 27.5. The van der Waals surface area contributed by atoms with Gasteiger partial charge in [-0.25, -0.2) is 9.78 Å². The molecule has 0 aliphatic carbocycles. The molecule has 0 saturated heterocycles. The van der Waals surface area contributed by atoms with Crippen LogP contribution >= 0.6 is 11.6 Å². The number of hydrogen-bond donors (Lipinski definition) is 1. The Hall–Kier alpha value is -4.67. The number of imidazole rings is 1. The minimum absolute atomic E-state index is 0.0157. The van der Waals surface area contributed by atoms with Gasteiger partial charge in [0.2, 0.25) is 5.28 Å². The Balaban J connectivity index is 1.48. The van der Waals surface area contributed by atoms with E-state index >= 15 is 0 Å². The lowest BCUT2D eigenvalue weighted by Crippen LogP contribution is -2.38. The van der Waals surface area contributed by atoms with Crippen LogP contribution in [0.3, 0.4) is 0 Å². The van der Waals surface area contributed by atoms with E-state index in [0.717, 1.165) is 16.7 Å². The lowest BCUT2D eigenvalue weighted by molar-refractivity contribution is -0.151. The van der Waals surface area contributed by atoms with Crippen molar-refractivity contribution in [2.45, 2.75) is 78.5 Å². The van der Waals surface area contributed by atoms with E-state index in [2.05, 4.69) is 15.9 Å². The number of ether oxygens (including phenoxy) is 3. The first kappa shape index (κ1) is 34.2. The van der Waals surface area contributed by atoms with Gasteiger partial charge in [-0.1, -0.05) is 25.8 Å². The van der Waals surface area contributed by atoms with Crippen molar-refractivity contribution in [3.05, 3.63) is 68.1 Å².